The van der Waals surface area contributed by atoms with Gasteiger partial charge in [0.05, 0.1) is 17.6 Å². The summed E-state index contributed by atoms with van der Waals surface area (Å²) in [4.78, 5) is 44.6. The van der Waals surface area contributed by atoms with E-state index < -0.39 is 17.1 Å². The molecule has 1 aliphatic carbocycles. The van der Waals surface area contributed by atoms with Crippen molar-refractivity contribution in [3.63, 3.8) is 0 Å². The molecule has 210 valence electrons. The van der Waals surface area contributed by atoms with Crippen molar-refractivity contribution in [3.05, 3.63) is 76.0 Å². The number of imide groups is 1. The normalized spacial score (nSPS) is 22.3. The summed E-state index contributed by atoms with van der Waals surface area (Å²) in [6.07, 6.45) is 3.06. The van der Waals surface area contributed by atoms with Gasteiger partial charge in [0.2, 0.25) is 11.9 Å². The number of amidine groups is 1. The molecule has 7 rings (SSSR count). The molecule has 0 radical (unpaired) electrons. The lowest BCUT2D eigenvalue weighted by molar-refractivity contribution is -0.120. The first-order chi connectivity index (χ1) is 19.5. The van der Waals surface area contributed by atoms with Gasteiger partial charge in [0, 0.05) is 36.3 Å². The van der Waals surface area contributed by atoms with Crippen molar-refractivity contribution < 1.29 is 14.3 Å². The Kier molecular flexibility index (Phi) is 5.55. The number of ether oxygens (including phenoxy) is 1. The number of hydrogen-bond donors (Lipinski definition) is 1. The van der Waals surface area contributed by atoms with Crippen LogP contribution in [-0.2, 0) is 21.5 Å². The zero-order valence-electron chi connectivity index (χ0n) is 24.1. The molecular formula is C32H34N6O3. The third-order valence-corrected chi connectivity index (χ3v) is 8.52. The van der Waals surface area contributed by atoms with Gasteiger partial charge >= 0.3 is 6.09 Å². The number of aliphatic imine (C=N–C) groups is 1. The van der Waals surface area contributed by atoms with Gasteiger partial charge in [-0.1, -0.05) is 35.9 Å². The molecule has 41 heavy (non-hydrogen) atoms. The van der Waals surface area contributed by atoms with E-state index in [1.54, 1.807) is 0 Å². The van der Waals surface area contributed by atoms with Crippen molar-refractivity contribution in [2.45, 2.75) is 70.9 Å². The summed E-state index contributed by atoms with van der Waals surface area (Å²) < 4.78 is 5.63. The Morgan fingerprint density at radius 1 is 1.12 bits per heavy atom. The highest BCUT2D eigenvalue weighted by Gasteiger charge is 2.68. The first-order valence-corrected chi connectivity index (χ1v) is 14.3. The molecule has 1 spiro atoms. The molecule has 3 aliphatic heterocycles. The van der Waals surface area contributed by atoms with Crippen LogP contribution < -0.4 is 15.1 Å². The summed E-state index contributed by atoms with van der Waals surface area (Å²) in [5.74, 6) is 2.09. The van der Waals surface area contributed by atoms with Crippen LogP contribution in [0.1, 0.15) is 72.9 Å². The van der Waals surface area contributed by atoms with Crippen molar-refractivity contribution in [2.75, 3.05) is 28.2 Å². The minimum Gasteiger partial charge on any atom is -0.443 e. The molecule has 0 bridgehead atoms. The van der Waals surface area contributed by atoms with E-state index in [2.05, 4.69) is 39.5 Å². The van der Waals surface area contributed by atoms with Crippen molar-refractivity contribution in [3.8, 4) is 0 Å². The van der Waals surface area contributed by atoms with Crippen molar-refractivity contribution in [2.24, 2.45) is 4.99 Å². The van der Waals surface area contributed by atoms with Gasteiger partial charge in [-0.15, -0.1) is 0 Å². The minimum absolute atomic E-state index is 0.0199. The van der Waals surface area contributed by atoms with Crippen LogP contribution in [0.15, 0.2) is 47.6 Å². The van der Waals surface area contributed by atoms with Gasteiger partial charge in [-0.05, 0) is 70.2 Å². The number of aryl methyl sites for hydroxylation is 2. The molecule has 1 aromatic heterocycles. The summed E-state index contributed by atoms with van der Waals surface area (Å²) in [7, 11) is 0. The summed E-state index contributed by atoms with van der Waals surface area (Å²) in [5.41, 5.74) is 5.35. The number of nitrogens with zero attached hydrogens (tertiary/aromatic N) is 5. The number of nitrogens with one attached hydrogen (secondary N) is 1. The number of hydrogen-bond acceptors (Lipinski definition) is 8. The Labute approximate surface area is 239 Å². The number of aromatic nitrogens is 2. The van der Waals surface area contributed by atoms with Gasteiger partial charge in [0.25, 0.3) is 0 Å². The highest BCUT2D eigenvalue weighted by Crippen LogP contribution is 2.66. The SMILES string of the molecule is Cc1ccc2c(c1)[C@]1(C[C@H]1c1ccc3c(c1)CN=C3Nc1nc(N3CCC3)ncc1C)C(=O)N2C(=O)OC(C)(C)C. The third kappa shape index (κ3) is 4.09. The Morgan fingerprint density at radius 3 is 2.66 bits per heavy atom. The maximum atomic E-state index is 14.0. The molecule has 9 heteroatoms. The van der Waals surface area contributed by atoms with Crippen LogP contribution in [0.3, 0.4) is 0 Å². The topological polar surface area (TPSA) is 100 Å². The predicted molar refractivity (Wildman–Crippen MR) is 158 cm³/mol. The van der Waals surface area contributed by atoms with E-state index in [4.69, 9.17) is 14.7 Å². The molecule has 3 aromatic rings. The average Bonchev–Trinajstić information content (AvgIpc) is 3.44. The summed E-state index contributed by atoms with van der Waals surface area (Å²) in [5, 5.41) is 3.44. The van der Waals surface area contributed by atoms with E-state index in [0.29, 0.717) is 18.7 Å². The van der Waals surface area contributed by atoms with Gasteiger partial charge in [-0.2, -0.15) is 4.98 Å². The molecule has 1 saturated heterocycles. The third-order valence-electron chi connectivity index (χ3n) is 8.52. The molecule has 2 atom stereocenters. The standard InChI is InChI=1S/C32H34N6O3/c1-18-7-10-25-23(13-18)32(28(39)38(25)30(40)41-31(3,4)5)15-24(32)20-8-9-22-21(14-20)17-33-27(22)35-26-19(2)16-34-29(36-26)37-11-6-12-37/h7-10,13-14,16,24H,6,11-12,15,17H2,1-5H3,(H,33,34,35,36)/t24-,32-/m0/s1. The molecule has 2 amide bonds. The molecule has 9 nitrogen and oxygen atoms in total. The van der Waals surface area contributed by atoms with E-state index >= 15 is 0 Å². The summed E-state index contributed by atoms with van der Waals surface area (Å²) in [6.45, 7) is 12.0. The van der Waals surface area contributed by atoms with E-state index in [1.807, 2.05) is 52.9 Å². The molecule has 4 heterocycles. The van der Waals surface area contributed by atoms with E-state index in [9.17, 15) is 9.59 Å². The lowest BCUT2D eigenvalue weighted by Gasteiger charge is -2.31. The van der Waals surface area contributed by atoms with Crippen LogP contribution in [0.5, 0.6) is 0 Å². The molecule has 0 unspecified atom stereocenters. The average molecular weight is 551 g/mol. The van der Waals surface area contributed by atoms with Crippen LogP contribution >= 0.6 is 0 Å². The zero-order valence-corrected chi connectivity index (χ0v) is 24.1. The number of carbonyl (C=O) groups is 2. The van der Waals surface area contributed by atoms with Crippen molar-refractivity contribution in [1.29, 1.82) is 0 Å². The zero-order chi connectivity index (χ0) is 28.7. The second-order valence-electron chi connectivity index (χ2n) is 12.6. The number of carbonyl (C=O) groups excluding carboxylic acids is 2. The van der Waals surface area contributed by atoms with Crippen molar-refractivity contribution >= 4 is 35.3 Å². The minimum atomic E-state index is -0.752. The lowest BCUT2D eigenvalue weighted by atomic mass is 9.90. The predicted octanol–water partition coefficient (Wildman–Crippen LogP) is 5.38. The van der Waals surface area contributed by atoms with Crippen molar-refractivity contribution in [1.82, 2.24) is 9.97 Å². The van der Waals surface area contributed by atoms with Gasteiger partial charge in [0.1, 0.15) is 17.3 Å². The number of rotatable bonds is 3. The fourth-order valence-corrected chi connectivity index (χ4v) is 6.20. The van der Waals surface area contributed by atoms with Crippen LogP contribution in [-0.4, -0.2) is 46.5 Å². The smallest absolute Gasteiger partial charge is 0.421 e. The fourth-order valence-electron chi connectivity index (χ4n) is 6.20. The lowest BCUT2D eigenvalue weighted by Crippen LogP contribution is -2.41. The largest absolute Gasteiger partial charge is 0.443 e. The van der Waals surface area contributed by atoms with E-state index in [1.165, 1.54) is 11.3 Å². The Morgan fingerprint density at radius 2 is 1.93 bits per heavy atom. The molecule has 1 saturated carbocycles. The molecule has 2 aromatic carbocycles. The molecule has 1 N–H and O–H groups in total. The quantitative estimate of drug-likeness (QED) is 0.467. The highest BCUT2D eigenvalue weighted by molar-refractivity contribution is 6.23. The van der Waals surface area contributed by atoms with Gasteiger partial charge in [-0.25, -0.2) is 14.7 Å². The Bertz CT molecular complexity index is 1650. The van der Waals surface area contributed by atoms with Crippen LogP contribution in [0.2, 0.25) is 0 Å². The molecule has 2 fully saturated rings. The summed E-state index contributed by atoms with van der Waals surface area (Å²) >= 11 is 0. The summed E-state index contributed by atoms with van der Waals surface area (Å²) in [6, 6.07) is 12.2. The molecule has 4 aliphatic rings. The van der Waals surface area contributed by atoms with Gasteiger partial charge in [0.15, 0.2) is 0 Å². The van der Waals surface area contributed by atoms with Crippen LogP contribution in [0, 0.1) is 13.8 Å². The molecular weight excluding hydrogens is 516 g/mol. The number of fused-ring (bicyclic) bond motifs is 3. The Balaban J connectivity index is 1.15. The fraction of sp³-hybridized carbons (Fsp3) is 0.406. The second kappa shape index (κ2) is 8.86. The van der Waals surface area contributed by atoms with Gasteiger partial charge in [-0.3, -0.25) is 9.79 Å². The van der Waals surface area contributed by atoms with Gasteiger partial charge < -0.3 is 15.0 Å². The van der Waals surface area contributed by atoms with Crippen LogP contribution in [0.25, 0.3) is 0 Å². The maximum absolute atomic E-state index is 14.0. The monoisotopic (exact) mass is 550 g/mol. The highest BCUT2D eigenvalue weighted by atomic mass is 16.6. The number of amides is 2. The van der Waals surface area contributed by atoms with Crippen LogP contribution in [0.4, 0.5) is 22.2 Å². The first kappa shape index (κ1) is 25.7. The maximum Gasteiger partial charge on any atom is 0.421 e. The first-order valence-electron chi connectivity index (χ1n) is 14.3. The van der Waals surface area contributed by atoms with E-state index in [0.717, 1.165) is 64.1 Å². The second-order valence-corrected chi connectivity index (χ2v) is 12.6. The number of benzene rings is 2. The van der Waals surface area contributed by atoms with E-state index in [-0.39, 0.29) is 11.8 Å². The Hall–Kier alpha value is -4.27. The number of anilines is 3.